The third-order valence-electron chi connectivity index (χ3n) is 4.44. The van der Waals surface area contributed by atoms with Crippen LogP contribution in [-0.4, -0.2) is 38.1 Å². The van der Waals surface area contributed by atoms with E-state index in [1.807, 2.05) is 25.7 Å². The molecular formula is C23H28BNO2P. The predicted octanol–water partition coefficient (Wildman–Crippen LogP) is 4.65. The number of piperidine rings is 1. The molecule has 0 spiro atoms. The molecule has 28 heavy (non-hydrogen) atoms. The average molecular weight is 392 g/mol. The third-order valence-corrected chi connectivity index (χ3v) is 6.77. The predicted molar refractivity (Wildman–Crippen MR) is 120 cm³/mol. The van der Waals surface area contributed by atoms with Gasteiger partial charge in [0.05, 0.1) is 0 Å². The lowest BCUT2D eigenvalue weighted by Crippen LogP contribution is -2.40. The highest BCUT2D eigenvalue weighted by Gasteiger charge is 2.25. The van der Waals surface area contributed by atoms with Crippen molar-refractivity contribution >= 4 is 33.0 Å². The summed E-state index contributed by atoms with van der Waals surface area (Å²) in [6.45, 7) is 7.19. The summed E-state index contributed by atoms with van der Waals surface area (Å²) in [6.07, 6.45) is 1.63. The summed E-state index contributed by atoms with van der Waals surface area (Å²) in [5, 5.41) is 2.72. The first-order chi connectivity index (χ1) is 12.9. The van der Waals surface area contributed by atoms with Gasteiger partial charge in [-0.2, -0.15) is 0 Å². The SMILES string of the molecule is CC(C)(C)OC(=O)N1CCC(=CP(c2ccccc2)c2ccccc2)CC1.[B]. The summed E-state index contributed by atoms with van der Waals surface area (Å²) in [7, 11) is -0.522. The number of amides is 1. The van der Waals surface area contributed by atoms with Gasteiger partial charge in [-0.25, -0.2) is 4.79 Å². The molecule has 1 aliphatic heterocycles. The molecule has 3 rings (SSSR count). The van der Waals surface area contributed by atoms with Crippen molar-refractivity contribution in [1.29, 1.82) is 0 Å². The number of rotatable bonds is 3. The van der Waals surface area contributed by atoms with Crippen molar-refractivity contribution in [3.63, 3.8) is 0 Å². The number of carbonyl (C=O) groups excluding carboxylic acids is 1. The molecule has 0 saturated carbocycles. The zero-order valence-corrected chi connectivity index (χ0v) is 17.9. The molecule has 2 aromatic rings. The van der Waals surface area contributed by atoms with Crippen LogP contribution in [0.4, 0.5) is 4.79 Å². The van der Waals surface area contributed by atoms with Gasteiger partial charge >= 0.3 is 6.09 Å². The standard InChI is InChI=1S/C23H28NO2P.B/c1-23(2,3)26-22(25)24-16-14-19(15-17-24)18-27(20-10-6-4-7-11-20)21-12-8-5-9-13-21;/h4-13,18H,14-17H2,1-3H3;. The molecule has 5 heteroatoms. The van der Waals surface area contributed by atoms with Crippen LogP contribution < -0.4 is 10.6 Å². The molecule has 1 saturated heterocycles. The summed E-state index contributed by atoms with van der Waals surface area (Å²) < 4.78 is 5.50. The molecule has 3 nitrogen and oxygen atoms in total. The van der Waals surface area contributed by atoms with Gasteiger partial charge in [0.25, 0.3) is 0 Å². The van der Waals surface area contributed by atoms with Crippen LogP contribution in [0.15, 0.2) is 72.1 Å². The summed E-state index contributed by atoms with van der Waals surface area (Å²) in [5.74, 6) is 2.45. The van der Waals surface area contributed by atoms with Gasteiger partial charge in [0, 0.05) is 21.5 Å². The zero-order valence-electron chi connectivity index (χ0n) is 17.0. The van der Waals surface area contributed by atoms with Gasteiger partial charge in [-0.3, -0.25) is 0 Å². The van der Waals surface area contributed by atoms with Crippen LogP contribution >= 0.6 is 7.92 Å². The highest BCUT2D eigenvalue weighted by Crippen LogP contribution is 2.38. The summed E-state index contributed by atoms with van der Waals surface area (Å²) in [5.41, 5.74) is 0.996. The first-order valence-electron chi connectivity index (χ1n) is 9.49. The second kappa shape index (κ2) is 9.93. The smallest absolute Gasteiger partial charge is 0.410 e. The number of likely N-dealkylation sites (tertiary alicyclic amines) is 1. The molecule has 0 aliphatic carbocycles. The monoisotopic (exact) mass is 392 g/mol. The van der Waals surface area contributed by atoms with Gasteiger partial charge in [0.2, 0.25) is 0 Å². The maximum absolute atomic E-state index is 12.3. The molecule has 0 unspecified atom stereocenters. The fourth-order valence-electron chi connectivity index (χ4n) is 3.09. The normalized spacial score (nSPS) is 14.4. The Morgan fingerprint density at radius 2 is 1.39 bits per heavy atom. The highest BCUT2D eigenvalue weighted by molar-refractivity contribution is 7.75. The first kappa shape index (κ1) is 22.2. The minimum Gasteiger partial charge on any atom is -0.444 e. The van der Waals surface area contributed by atoms with Crippen LogP contribution in [0.3, 0.4) is 0 Å². The van der Waals surface area contributed by atoms with Crippen LogP contribution in [0.2, 0.25) is 0 Å². The van der Waals surface area contributed by atoms with Gasteiger partial charge < -0.3 is 9.64 Å². The lowest BCUT2D eigenvalue weighted by atomic mass is 10.1. The van der Waals surface area contributed by atoms with Crippen LogP contribution in [0.1, 0.15) is 33.6 Å². The summed E-state index contributed by atoms with van der Waals surface area (Å²) in [6, 6.07) is 21.4. The van der Waals surface area contributed by atoms with Crippen molar-refractivity contribution in [2.75, 3.05) is 13.1 Å². The van der Waals surface area contributed by atoms with E-state index < -0.39 is 13.5 Å². The van der Waals surface area contributed by atoms with Crippen LogP contribution in [0.5, 0.6) is 0 Å². The molecule has 1 aliphatic rings. The van der Waals surface area contributed by atoms with Crippen molar-refractivity contribution in [2.24, 2.45) is 0 Å². The van der Waals surface area contributed by atoms with Crippen molar-refractivity contribution in [1.82, 2.24) is 4.90 Å². The first-order valence-corrected chi connectivity index (χ1v) is 10.9. The Bertz CT molecular complexity index is 738. The fourth-order valence-corrected chi connectivity index (χ4v) is 5.30. The molecular weight excluding hydrogens is 364 g/mol. The zero-order chi connectivity index (χ0) is 19.3. The van der Waals surface area contributed by atoms with Gasteiger partial charge in [-0.05, 0) is 52.1 Å². The van der Waals surface area contributed by atoms with Crippen molar-refractivity contribution in [3.05, 3.63) is 72.1 Å². The number of nitrogens with zero attached hydrogens (tertiary/aromatic N) is 1. The molecule has 3 radical (unpaired) electrons. The largest absolute Gasteiger partial charge is 0.444 e. The van der Waals surface area contributed by atoms with Crippen molar-refractivity contribution in [2.45, 2.75) is 39.2 Å². The Labute approximate surface area is 172 Å². The highest BCUT2D eigenvalue weighted by atomic mass is 31.1. The van der Waals surface area contributed by atoms with Crippen LogP contribution in [-0.2, 0) is 4.74 Å². The quantitative estimate of drug-likeness (QED) is 0.562. The molecule has 1 fully saturated rings. The Morgan fingerprint density at radius 3 is 1.82 bits per heavy atom. The molecule has 2 aromatic carbocycles. The van der Waals surface area contributed by atoms with E-state index in [1.165, 1.54) is 16.2 Å². The van der Waals surface area contributed by atoms with Gasteiger partial charge in [0.15, 0.2) is 0 Å². The molecule has 1 amide bonds. The van der Waals surface area contributed by atoms with E-state index in [0.29, 0.717) is 0 Å². The Hall–Kier alpha value is -2.06. The van der Waals surface area contributed by atoms with E-state index in [0.717, 1.165) is 25.9 Å². The van der Waals surface area contributed by atoms with E-state index in [1.54, 1.807) is 0 Å². The van der Waals surface area contributed by atoms with Gasteiger partial charge in [-0.15, -0.1) is 0 Å². The Balaban J connectivity index is 0.00000280. The third kappa shape index (κ3) is 6.24. The van der Waals surface area contributed by atoms with E-state index >= 15 is 0 Å². The van der Waals surface area contributed by atoms with E-state index in [2.05, 4.69) is 66.5 Å². The maximum atomic E-state index is 12.3. The molecule has 1 heterocycles. The molecule has 0 aromatic heterocycles. The molecule has 0 atom stereocenters. The molecule has 0 N–H and O–H groups in total. The second-order valence-electron chi connectivity index (χ2n) is 7.80. The van der Waals surface area contributed by atoms with E-state index in [-0.39, 0.29) is 14.5 Å². The number of ether oxygens (including phenoxy) is 1. The minimum absolute atomic E-state index is 0. The molecule has 0 bridgehead atoms. The second-order valence-corrected chi connectivity index (χ2v) is 9.83. The number of carbonyl (C=O) groups is 1. The topological polar surface area (TPSA) is 29.5 Å². The average Bonchev–Trinajstić information content (AvgIpc) is 2.66. The van der Waals surface area contributed by atoms with Crippen LogP contribution in [0, 0.1) is 0 Å². The van der Waals surface area contributed by atoms with Gasteiger partial charge in [0.1, 0.15) is 5.60 Å². The summed E-state index contributed by atoms with van der Waals surface area (Å²) >= 11 is 0. The van der Waals surface area contributed by atoms with E-state index in [4.69, 9.17) is 4.74 Å². The fraction of sp³-hybridized carbons (Fsp3) is 0.348. The van der Waals surface area contributed by atoms with Crippen molar-refractivity contribution < 1.29 is 9.53 Å². The van der Waals surface area contributed by atoms with Gasteiger partial charge in [-0.1, -0.05) is 72.1 Å². The summed E-state index contributed by atoms with van der Waals surface area (Å²) in [4.78, 5) is 14.1. The van der Waals surface area contributed by atoms with E-state index in [9.17, 15) is 4.79 Å². The molecule has 145 valence electrons. The van der Waals surface area contributed by atoms with Crippen LogP contribution in [0.25, 0.3) is 0 Å². The number of benzene rings is 2. The number of hydrogen-bond acceptors (Lipinski definition) is 2. The Morgan fingerprint density at radius 1 is 0.929 bits per heavy atom. The lowest BCUT2D eigenvalue weighted by molar-refractivity contribution is 0.0236. The number of hydrogen-bond donors (Lipinski definition) is 0. The maximum Gasteiger partial charge on any atom is 0.410 e. The minimum atomic E-state index is -0.522. The van der Waals surface area contributed by atoms with Crippen molar-refractivity contribution in [3.8, 4) is 0 Å². The Kier molecular flexibility index (Phi) is 7.89. The lowest BCUT2D eigenvalue weighted by Gasteiger charge is -2.31.